The Kier molecular flexibility index (Phi) is 7.15. The molecular formula is C23H25FN6O5S. The molecule has 13 heteroatoms. The van der Waals surface area contributed by atoms with Crippen LogP contribution >= 0.6 is 0 Å². The predicted molar refractivity (Wildman–Crippen MR) is 130 cm³/mol. The standard InChI is InChI=1S/C23H25FN6O5S/c1-13(21(31)26-16-5-7-17(8-6-16)36(25,34)35)30-10-2-3-14(12-30)22(32)29-28-20-18-9-4-15(24)11-19(18)27-23(20)33/h4-9,11,13-14,27,33H,2-3,10,12H2,1H3,(H,26,31)(H2,25,34,35). The van der Waals surface area contributed by atoms with Gasteiger partial charge in [0.25, 0.3) is 5.91 Å². The van der Waals surface area contributed by atoms with Gasteiger partial charge in [-0.25, -0.2) is 17.9 Å². The van der Waals surface area contributed by atoms with E-state index < -0.39 is 33.7 Å². The highest BCUT2D eigenvalue weighted by Gasteiger charge is 2.31. The van der Waals surface area contributed by atoms with Crippen molar-refractivity contribution in [1.29, 1.82) is 0 Å². The number of carbonyl (C=O) groups excluding carboxylic acids is 2. The molecule has 2 atom stereocenters. The lowest BCUT2D eigenvalue weighted by atomic mass is 9.96. The number of rotatable bonds is 6. The fourth-order valence-electron chi connectivity index (χ4n) is 4.12. The minimum absolute atomic E-state index is 0.0483. The molecule has 4 rings (SSSR count). The number of halogens is 1. The number of nitrogens with two attached hydrogens (primary N) is 1. The fourth-order valence-corrected chi connectivity index (χ4v) is 4.64. The average molecular weight is 517 g/mol. The molecule has 1 saturated heterocycles. The lowest BCUT2D eigenvalue weighted by Crippen LogP contribution is -2.48. The molecular weight excluding hydrogens is 491 g/mol. The van der Waals surface area contributed by atoms with Crippen molar-refractivity contribution in [3.8, 4) is 5.88 Å². The Labute approximate surface area is 206 Å². The molecule has 3 aromatic rings. The summed E-state index contributed by atoms with van der Waals surface area (Å²) in [6, 6.07) is 8.79. The lowest BCUT2D eigenvalue weighted by Gasteiger charge is -2.34. The number of sulfonamides is 1. The summed E-state index contributed by atoms with van der Waals surface area (Å²) in [5.74, 6) is -2.09. The molecule has 1 aliphatic heterocycles. The van der Waals surface area contributed by atoms with Gasteiger partial charge in [-0.3, -0.25) is 14.5 Å². The molecule has 1 aromatic heterocycles. The summed E-state index contributed by atoms with van der Waals surface area (Å²) in [6.07, 6.45) is 1.24. The highest BCUT2D eigenvalue weighted by molar-refractivity contribution is 7.89. The van der Waals surface area contributed by atoms with Gasteiger partial charge in [-0.05, 0) is 68.8 Å². The van der Waals surface area contributed by atoms with Gasteiger partial charge in [0.1, 0.15) is 5.82 Å². The molecule has 1 aliphatic rings. The minimum atomic E-state index is -3.83. The maximum Gasteiger partial charge on any atom is 0.269 e. The van der Waals surface area contributed by atoms with Crippen LogP contribution in [0.15, 0.2) is 57.6 Å². The second-order valence-corrected chi connectivity index (χ2v) is 10.2. The van der Waals surface area contributed by atoms with Crippen molar-refractivity contribution in [3.63, 3.8) is 0 Å². The third-order valence-electron chi connectivity index (χ3n) is 6.14. The number of hydrogen-bond acceptors (Lipinski definition) is 7. The molecule has 0 saturated carbocycles. The summed E-state index contributed by atoms with van der Waals surface area (Å²) >= 11 is 0. The number of hydrogen-bond donors (Lipinski definition) is 4. The van der Waals surface area contributed by atoms with Gasteiger partial charge in [0, 0.05) is 17.6 Å². The smallest absolute Gasteiger partial charge is 0.269 e. The highest BCUT2D eigenvalue weighted by atomic mass is 32.2. The zero-order valence-corrected chi connectivity index (χ0v) is 20.1. The Morgan fingerprint density at radius 2 is 1.97 bits per heavy atom. The number of anilines is 1. The van der Waals surface area contributed by atoms with Gasteiger partial charge in [-0.2, -0.15) is 0 Å². The molecule has 2 aromatic carbocycles. The molecule has 0 spiro atoms. The number of fused-ring (bicyclic) bond motifs is 1. The van der Waals surface area contributed by atoms with Crippen molar-refractivity contribution in [2.45, 2.75) is 30.7 Å². The van der Waals surface area contributed by atoms with Crippen LogP contribution in [0.4, 0.5) is 15.8 Å². The molecule has 0 aliphatic carbocycles. The first-order valence-electron chi connectivity index (χ1n) is 11.2. The second kappa shape index (κ2) is 10.1. The lowest BCUT2D eigenvalue weighted by molar-refractivity contribution is -0.127. The molecule has 36 heavy (non-hydrogen) atoms. The van der Waals surface area contributed by atoms with Crippen LogP contribution in [0, 0.1) is 11.7 Å². The van der Waals surface area contributed by atoms with Crippen LogP contribution in [0.25, 0.3) is 10.9 Å². The fraction of sp³-hybridized carbons (Fsp3) is 0.304. The maximum absolute atomic E-state index is 13.4. The van der Waals surface area contributed by atoms with Crippen molar-refractivity contribution in [2.75, 3.05) is 18.4 Å². The van der Waals surface area contributed by atoms with Crippen LogP contribution in [0.1, 0.15) is 19.8 Å². The van der Waals surface area contributed by atoms with E-state index in [1.165, 1.54) is 42.5 Å². The van der Waals surface area contributed by atoms with E-state index in [1.54, 1.807) is 6.92 Å². The van der Waals surface area contributed by atoms with Crippen molar-refractivity contribution in [2.24, 2.45) is 21.3 Å². The number of piperidine rings is 1. The van der Waals surface area contributed by atoms with Crippen LogP contribution in [0.5, 0.6) is 5.88 Å². The summed E-state index contributed by atoms with van der Waals surface area (Å²) in [7, 11) is -3.83. The Bertz CT molecular complexity index is 1440. The Morgan fingerprint density at radius 1 is 1.25 bits per heavy atom. The van der Waals surface area contributed by atoms with E-state index >= 15 is 0 Å². The van der Waals surface area contributed by atoms with Crippen LogP contribution in [-0.4, -0.2) is 54.4 Å². The topological polar surface area (TPSA) is 170 Å². The van der Waals surface area contributed by atoms with Gasteiger partial charge < -0.3 is 15.4 Å². The molecule has 0 bridgehead atoms. The van der Waals surface area contributed by atoms with Crippen LogP contribution < -0.4 is 10.5 Å². The van der Waals surface area contributed by atoms with E-state index in [0.29, 0.717) is 42.5 Å². The molecule has 2 unspecified atom stereocenters. The summed E-state index contributed by atoms with van der Waals surface area (Å²) in [6.45, 7) is 2.61. The van der Waals surface area contributed by atoms with E-state index in [-0.39, 0.29) is 22.4 Å². The van der Waals surface area contributed by atoms with E-state index in [9.17, 15) is 27.5 Å². The summed E-state index contributed by atoms with van der Waals surface area (Å²) in [4.78, 5) is 29.9. The van der Waals surface area contributed by atoms with Gasteiger partial charge in [0.15, 0.2) is 5.69 Å². The van der Waals surface area contributed by atoms with Crippen LogP contribution in [0.2, 0.25) is 0 Å². The summed E-state index contributed by atoms with van der Waals surface area (Å²) in [5.41, 5.74) is 0.792. The Morgan fingerprint density at radius 3 is 2.67 bits per heavy atom. The first kappa shape index (κ1) is 25.4. The number of aromatic amines is 1. The first-order chi connectivity index (χ1) is 17.0. The summed E-state index contributed by atoms with van der Waals surface area (Å²) in [5, 5.41) is 26.0. The van der Waals surface area contributed by atoms with Gasteiger partial charge in [-0.15, -0.1) is 10.2 Å². The SMILES string of the molecule is CC(C(=O)Nc1ccc(S(N)(=O)=O)cc1)N1CCCC(C(=O)N=Nc2c(O)[nH]c3cc(F)ccc23)C1. The monoisotopic (exact) mass is 516 g/mol. The predicted octanol–water partition coefficient (Wildman–Crippen LogP) is 3.01. The van der Waals surface area contributed by atoms with Crippen LogP contribution in [0.3, 0.4) is 0 Å². The highest BCUT2D eigenvalue weighted by Crippen LogP contribution is 2.36. The number of aromatic nitrogens is 1. The third-order valence-corrected chi connectivity index (χ3v) is 7.07. The number of likely N-dealkylation sites (tertiary alicyclic amines) is 1. The second-order valence-electron chi connectivity index (χ2n) is 8.62. The van der Waals surface area contributed by atoms with Gasteiger partial charge in [-0.1, -0.05) is 0 Å². The first-order valence-corrected chi connectivity index (χ1v) is 12.7. The normalized spacial score (nSPS) is 17.9. The maximum atomic E-state index is 13.4. The van der Waals surface area contributed by atoms with E-state index in [1.807, 2.05) is 4.90 Å². The number of primary sulfonamides is 1. The average Bonchev–Trinajstić information content (AvgIpc) is 3.15. The number of azo groups is 1. The van der Waals surface area contributed by atoms with Crippen molar-refractivity contribution < 1.29 is 27.5 Å². The van der Waals surface area contributed by atoms with Crippen molar-refractivity contribution in [3.05, 3.63) is 48.3 Å². The number of benzene rings is 2. The number of nitrogens with zero attached hydrogens (tertiary/aromatic N) is 3. The van der Waals surface area contributed by atoms with Crippen molar-refractivity contribution in [1.82, 2.24) is 9.88 Å². The molecule has 2 heterocycles. The number of nitrogens with one attached hydrogen (secondary N) is 2. The number of amides is 2. The van der Waals surface area contributed by atoms with Crippen LogP contribution in [-0.2, 0) is 19.6 Å². The van der Waals surface area contributed by atoms with Gasteiger partial charge in [0.05, 0.1) is 22.4 Å². The Balaban J connectivity index is 1.39. The zero-order valence-electron chi connectivity index (χ0n) is 19.3. The summed E-state index contributed by atoms with van der Waals surface area (Å²) < 4.78 is 36.2. The largest absolute Gasteiger partial charge is 0.493 e. The molecule has 190 valence electrons. The number of H-pyrrole nitrogens is 1. The molecule has 5 N–H and O–H groups in total. The Hall–Kier alpha value is -3.68. The van der Waals surface area contributed by atoms with Gasteiger partial charge in [0.2, 0.25) is 21.8 Å². The molecule has 11 nitrogen and oxygen atoms in total. The van der Waals surface area contributed by atoms with E-state index in [0.717, 1.165) is 0 Å². The molecule has 2 amide bonds. The minimum Gasteiger partial charge on any atom is -0.493 e. The zero-order chi connectivity index (χ0) is 26.0. The van der Waals surface area contributed by atoms with Gasteiger partial charge >= 0.3 is 0 Å². The molecule has 0 radical (unpaired) electrons. The quantitative estimate of drug-likeness (QED) is 0.367. The number of aromatic hydroxyl groups is 1. The third kappa shape index (κ3) is 5.58. The number of carbonyl (C=O) groups is 2. The van der Waals surface area contributed by atoms with E-state index in [4.69, 9.17) is 5.14 Å². The molecule has 1 fully saturated rings. The van der Waals surface area contributed by atoms with E-state index in [2.05, 4.69) is 20.5 Å². The van der Waals surface area contributed by atoms with Crippen molar-refractivity contribution >= 4 is 44.1 Å².